The molecule has 0 aliphatic rings. The first-order chi connectivity index (χ1) is 11.8. The summed E-state index contributed by atoms with van der Waals surface area (Å²) in [6.07, 6.45) is 0.0422. The van der Waals surface area contributed by atoms with Crippen LogP contribution in [0.2, 0.25) is 10.0 Å². The van der Waals surface area contributed by atoms with E-state index >= 15 is 0 Å². The normalized spacial score (nSPS) is 11.5. The molecule has 0 radical (unpaired) electrons. The molecular weight excluding hydrogens is 378 g/mol. The zero-order valence-corrected chi connectivity index (χ0v) is 17.1. The van der Waals surface area contributed by atoms with E-state index in [4.69, 9.17) is 32.7 Å². The fourth-order valence-electron chi connectivity index (χ4n) is 2.20. The largest absolute Gasteiger partial charge is 0.491 e. The molecule has 0 N–H and O–H groups in total. The van der Waals surface area contributed by atoms with Crippen molar-refractivity contribution in [1.29, 1.82) is 0 Å². The van der Waals surface area contributed by atoms with Gasteiger partial charge in [0.25, 0.3) is 0 Å². The van der Waals surface area contributed by atoms with Crippen molar-refractivity contribution < 1.29 is 14.3 Å². The number of carbonyl (C=O) groups excluding carboxylic acids is 1. The Morgan fingerprint density at radius 1 is 0.960 bits per heavy atom. The van der Waals surface area contributed by atoms with Crippen LogP contribution in [0.15, 0.2) is 36.4 Å². The Hall–Kier alpha value is -1.28. The molecule has 0 heterocycles. The maximum Gasteiger partial charge on any atom is 0.188 e. The molecule has 0 aromatic heterocycles. The van der Waals surface area contributed by atoms with Crippen LogP contribution in [-0.4, -0.2) is 17.7 Å². The van der Waals surface area contributed by atoms with Crippen molar-refractivity contribution in [3.8, 4) is 11.5 Å². The van der Waals surface area contributed by atoms with Gasteiger partial charge in [-0.2, -0.15) is 0 Å². The highest BCUT2D eigenvalue weighted by Crippen LogP contribution is 2.33. The summed E-state index contributed by atoms with van der Waals surface area (Å²) in [6, 6.07) is 10.6. The molecule has 2 aromatic rings. The molecule has 3 nitrogen and oxygen atoms in total. The van der Waals surface area contributed by atoms with Gasteiger partial charge in [-0.25, -0.2) is 0 Å². The number of ether oxygens (including phenoxy) is 2. The summed E-state index contributed by atoms with van der Waals surface area (Å²) in [5, 5.41) is 1.51. The molecule has 0 spiro atoms. The highest BCUT2D eigenvalue weighted by atomic mass is 35.5. The number of benzene rings is 2. The van der Waals surface area contributed by atoms with E-state index < -0.39 is 0 Å². The molecule has 0 amide bonds. The lowest BCUT2D eigenvalue weighted by atomic mass is 10.2. The fourth-order valence-corrected chi connectivity index (χ4v) is 3.99. The molecule has 2 rings (SSSR count). The van der Waals surface area contributed by atoms with Crippen molar-refractivity contribution in [2.75, 3.05) is 0 Å². The van der Waals surface area contributed by atoms with Crippen LogP contribution < -0.4 is 14.8 Å². The van der Waals surface area contributed by atoms with Gasteiger partial charge in [0.05, 0.1) is 27.8 Å². The lowest BCUT2D eigenvalue weighted by molar-refractivity contribution is 0.108. The van der Waals surface area contributed by atoms with Gasteiger partial charge in [-0.1, -0.05) is 29.3 Å². The zero-order valence-electron chi connectivity index (χ0n) is 14.6. The van der Waals surface area contributed by atoms with Crippen molar-refractivity contribution in [2.45, 2.75) is 39.9 Å². The predicted octanol–water partition coefficient (Wildman–Crippen LogP) is 5.71. The lowest BCUT2D eigenvalue weighted by Crippen LogP contribution is -2.14. The summed E-state index contributed by atoms with van der Waals surface area (Å²) < 4.78 is 11.6. The first-order valence-corrected chi connectivity index (χ1v) is 9.76. The standard InChI is InChI=1S/C19H21Cl2O3P/c1-11(2)23-13-8-9-17(16(10-13)24-12(3)4)25-19(22)18-14(20)6-5-7-15(18)21/h5-12,25H,1-4H3. The van der Waals surface area contributed by atoms with E-state index in [0.717, 1.165) is 5.30 Å². The van der Waals surface area contributed by atoms with Gasteiger partial charge in [0.1, 0.15) is 11.5 Å². The van der Waals surface area contributed by atoms with Crippen LogP contribution >= 0.6 is 31.8 Å². The summed E-state index contributed by atoms with van der Waals surface area (Å²) in [7, 11) is -0.149. The second kappa shape index (κ2) is 8.89. The summed E-state index contributed by atoms with van der Waals surface area (Å²) in [5.41, 5.74) is 0.226. The van der Waals surface area contributed by atoms with Crippen molar-refractivity contribution in [2.24, 2.45) is 0 Å². The predicted molar refractivity (Wildman–Crippen MR) is 107 cm³/mol. The monoisotopic (exact) mass is 398 g/mol. The summed E-state index contributed by atoms with van der Waals surface area (Å²) in [4.78, 5) is 12.7. The average Bonchev–Trinajstić information content (AvgIpc) is 2.48. The Balaban J connectivity index is 2.32. The maximum absolute atomic E-state index is 12.7. The molecule has 0 aliphatic carbocycles. The maximum atomic E-state index is 12.7. The third kappa shape index (κ3) is 5.60. The van der Waals surface area contributed by atoms with Crippen molar-refractivity contribution >= 4 is 42.6 Å². The molecule has 6 heteroatoms. The summed E-state index contributed by atoms with van der Waals surface area (Å²) >= 11 is 12.3. The van der Waals surface area contributed by atoms with E-state index in [0.29, 0.717) is 27.1 Å². The number of hydrogen-bond donors (Lipinski definition) is 0. The minimum atomic E-state index is -0.149. The van der Waals surface area contributed by atoms with Crippen LogP contribution in [0.5, 0.6) is 11.5 Å². The van der Waals surface area contributed by atoms with E-state index in [1.165, 1.54) is 0 Å². The Labute approximate surface area is 160 Å². The average molecular weight is 399 g/mol. The molecule has 0 aliphatic heterocycles. The molecule has 1 unspecified atom stereocenters. The van der Waals surface area contributed by atoms with Gasteiger partial charge >= 0.3 is 0 Å². The zero-order chi connectivity index (χ0) is 18.6. The highest BCUT2D eigenvalue weighted by molar-refractivity contribution is 7.66. The van der Waals surface area contributed by atoms with Crippen molar-refractivity contribution in [3.05, 3.63) is 52.0 Å². The molecule has 0 fully saturated rings. The van der Waals surface area contributed by atoms with E-state index in [1.807, 2.05) is 45.9 Å². The summed E-state index contributed by atoms with van der Waals surface area (Å²) in [5.74, 6) is 1.35. The number of carbonyl (C=O) groups is 1. The molecular formula is C19H21Cl2O3P. The quantitative estimate of drug-likeness (QED) is 0.560. The number of halogens is 2. The molecule has 0 bridgehead atoms. The van der Waals surface area contributed by atoms with E-state index in [2.05, 4.69) is 0 Å². The van der Waals surface area contributed by atoms with Crippen LogP contribution in [0, 0.1) is 0 Å². The second-order valence-corrected chi connectivity index (χ2v) is 8.10. The van der Waals surface area contributed by atoms with Crippen LogP contribution in [-0.2, 0) is 0 Å². The SMILES string of the molecule is CC(C)Oc1ccc(PC(=O)c2c(Cl)cccc2Cl)c(OC(C)C)c1. The van der Waals surface area contributed by atoms with E-state index in [-0.39, 0.29) is 26.3 Å². The topological polar surface area (TPSA) is 35.5 Å². The minimum absolute atomic E-state index is 0.0168. The molecule has 0 saturated carbocycles. The number of hydrogen-bond acceptors (Lipinski definition) is 3. The fraction of sp³-hybridized carbons (Fsp3) is 0.316. The van der Waals surface area contributed by atoms with Gasteiger partial charge < -0.3 is 9.47 Å². The van der Waals surface area contributed by atoms with E-state index in [1.54, 1.807) is 18.2 Å². The molecule has 134 valence electrons. The molecule has 0 saturated heterocycles. The van der Waals surface area contributed by atoms with Crippen molar-refractivity contribution in [1.82, 2.24) is 0 Å². The third-order valence-corrected chi connectivity index (χ3v) is 4.91. The molecule has 25 heavy (non-hydrogen) atoms. The number of rotatable bonds is 7. The van der Waals surface area contributed by atoms with Gasteiger partial charge in [-0.15, -0.1) is 0 Å². The minimum Gasteiger partial charge on any atom is -0.491 e. The Morgan fingerprint density at radius 2 is 1.56 bits per heavy atom. The van der Waals surface area contributed by atoms with Gasteiger partial charge in [-0.05, 0) is 60.5 Å². The van der Waals surface area contributed by atoms with Crippen molar-refractivity contribution in [3.63, 3.8) is 0 Å². The highest BCUT2D eigenvalue weighted by Gasteiger charge is 2.18. The molecule has 1 atom stereocenters. The third-order valence-electron chi connectivity index (χ3n) is 3.13. The van der Waals surface area contributed by atoms with Gasteiger partial charge in [0, 0.05) is 11.4 Å². The van der Waals surface area contributed by atoms with E-state index in [9.17, 15) is 4.79 Å². The first kappa shape index (κ1) is 20.0. The van der Waals surface area contributed by atoms with Gasteiger partial charge in [-0.3, -0.25) is 4.79 Å². The Morgan fingerprint density at radius 3 is 2.12 bits per heavy atom. The van der Waals surface area contributed by atoms with Gasteiger partial charge in [0.15, 0.2) is 5.52 Å². The van der Waals surface area contributed by atoms with Crippen LogP contribution in [0.4, 0.5) is 0 Å². The Kier molecular flexibility index (Phi) is 7.13. The second-order valence-electron chi connectivity index (χ2n) is 6.04. The lowest BCUT2D eigenvalue weighted by Gasteiger charge is -2.17. The van der Waals surface area contributed by atoms with Crippen LogP contribution in [0.25, 0.3) is 0 Å². The smallest absolute Gasteiger partial charge is 0.188 e. The summed E-state index contributed by atoms with van der Waals surface area (Å²) in [6.45, 7) is 7.80. The van der Waals surface area contributed by atoms with Crippen LogP contribution in [0.1, 0.15) is 38.1 Å². The Bertz CT molecular complexity index is 740. The first-order valence-electron chi connectivity index (χ1n) is 8.00. The molecule has 2 aromatic carbocycles. The van der Waals surface area contributed by atoms with Gasteiger partial charge in [0.2, 0.25) is 0 Å². The van der Waals surface area contributed by atoms with Crippen LogP contribution in [0.3, 0.4) is 0 Å².